The van der Waals surface area contributed by atoms with Crippen LogP contribution in [0.4, 0.5) is 5.69 Å². The molecule has 3 aromatic rings. The highest BCUT2D eigenvalue weighted by atomic mass is 32.2. The number of nitrogens with zero attached hydrogens (tertiary/aromatic N) is 2. The summed E-state index contributed by atoms with van der Waals surface area (Å²) in [5.74, 6) is -0.119. The number of amides is 2. The maximum atomic E-state index is 13.6. The normalized spacial score (nSPS) is 22.2. The Morgan fingerprint density at radius 2 is 1.64 bits per heavy atom. The quantitative estimate of drug-likeness (QED) is 0.485. The number of nitrogens with one attached hydrogen (secondary N) is 2. The highest BCUT2D eigenvalue weighted by Gasteiger charge is 2.37. The number of aryl methyl sites for hydroxylation is 1. The number of carbonyl (C=O) groups is 2. The van der Waals surface area contributed by atoms with Gasteiger partial charge in [-0.3, -0.25) is 14.5 Å². The zero-order chi connectivity index (χ0) is 27.7. The molecule has 0 aliphatic carbocycles. The number of anilines is 1. The number of likely N-dealkylation sites (N-methyl/N-ethyl adjacent to an activating group) is 1. The highest BCUT2D eigenvalue weighted by molar-refractivity contribution is 7.89. The van der Waals surface area contributed by atoms with E-state index in [-0.39, 0.29) is 34.7 Å². The SMILES string of the molecule is Cc1ccccc1C(=O)Nc1ccc(S(=O)(=O)N[C@@H]2CCN(C(=O)[C@@H]3CCCN3C)C[C@@H]2C)c2ccccc12. The van der Waals surface area contributed by atoms with Gasteiger partial charge in [0.1, 0.15) is 0 Å². The first kappa shape index (κ1) is 27.3. The van der Waals surface area contributed by atoms with Crippen molar-refractivity contribution in [1.29, 1.82) is 0 Å². The van der Waals surface area contributed by atoms with E-state index < -0.39 is 10.0 Å². The van der Waals surface area contributed by atoms with Gasteiger partial charge < -0.3 is 10.2 Å². The summed E-state index contributed by atoms with van der Waals surface area (Å²) in [7, 11) is -1.87. The van der Waals surface area contributed by atoms with Crippen molar-refractivity contribution in [3.63, 3.8) is 0 Å². The molecule has 3 aromatic carbocycles. The van der Waals surface area contributed by atoms with Gasteiger partial charge in [0.2, 0.25) is 15.9 Å². The van der Waals surface area contributed by atoms with Crippen LogP contribution in [-0.2, 0) is 14.8 Å². The van der Waals surface area contributed by atoms with Gasteiger partial charge in [-0.2, -0.15) is 0 Å². The number of sulfonamides is 1. The first-order valence-electron chi connectivity index (χ1n) is 13.6. The maximum absolute atomic E-state index is 13.6. The van der Waals surface area contributed by atoms with Crippen molar-refractivity contribution in [2.24, 2.45) is 5.92 Å². The first-order valence-corrected chi connectivity index (χ1v) is 15.0. The third-order valence-corrected chi connectivity index (χ3v) is 9.69. The minimum absolute atomic E-state index is 0.0249. The monoisotopic (exact) mass is 548 g/mol. The number of hydrogen-bond donors (Lipinski definition) is 2. The fourth-order valence-electron chi connectivity index (χ4n) is 5.85. The predicted molar refractivity (Wildman–Crippen MR) is 153 cm³/mol. The Bertz CT molecular complexity index is 1510. The second-order valence-electron chi connectivity index (χ2n) is 10.8. The van der Waals surface area contributed by atoms with Crippen LogP contribution in [0.3, 0.4) is 0 Å². The van der Waals surface area contributed by atoms with Crippen LogP contribution in [-0.4, -0.2) is 68.8 Å². The molecular formula is C30H36N4O4S. The van der Waals surface area contributed by atoms with Gasteiger partial charge in [-0.25, -0.2) is 13.1 Å². The first-order chi connectivity index (χ1) is 18.7. The molecule has 0 unspecified atom stereocenters. The number of carbonyl (C=O) groups excluding carboxylic acids is 2. The molecule has 2 fully saturated rings. The molecular weight excluding hydrogens is 512 g/mol. The van der Waals surface area contributed by atoms with E-state index in [1.807, 2.05) is 56.1 Å². The average molecular weight is 549 g/mol. The fraction of sp³-hybridized carbons (Fsp3) is 0.400. The Morgan fingerprint density at radius 3 is 2.33 bits per heavy atom. The average Bonchev–Trinajstić information content (AvgIpc) is 3.35. The summed E-state index contributed by atoms with van der Waals surface area (Å²) in [6.07, 6.45) is 2.47. The summed E-state index contributed by atoms with van der Waals surface area (Å²) >= 11 is 0. The summed E-state index contributed by atoms with van der Waals surface area (Å²) in [5.41, 5.74) is 1.98. The second kappa shape index (κ2) is 11.1. The van der Waals surface area contributed by atoms with E-state index in [9.17, 15) is 18.0 Å². The molecule has 2 saturated heterocycles. The minimum Gasteiger partial charge on any atom is -0.341 e. The van der Waals surface area contributed by atoms with E-state index in [0.29, 0.717) is 41.5 Å². The van der Waals surface area contributed by atoms with E-state index in [1.165, 1.54) is 0 Å². The number of rotatable bonds is 6. The van der Waals surface area contributed by atoms with Gasteiger partial charge in [0.15, 0.2) is 0 Å². The standard InChI is InChI=1S/C30H36N4O4S/c1-20-9-4-5-10-22(20)29(35)31-26-14-15-28(24-12-7-6-11-23(24)26)39(37,38)32-25-16-18-34(19-21(25)2)30(36)27-13-8-17-33(27)3/h4-7,9-12,14-15,21,25,27,32H,8,13,16-19H2,1-3H3,(H,31,35)/t21-,25+,27-/m0/s1. The molecule has 0 saturated carbocycles. The molecule has 0 aromatic heterocycles. The van der Waals surface area contributed by atoms with E-state index in [2.05, 4.69) is 14.9 Å². The number of hydrogen-bond acceptors (Lipinski definition) is 5. The van der Waals surface area contributed by atoms with Crippen molar-refractivity contribution in [2.75, 3.05) is 32.0 Å². The van der Waals surface area contributed by atoms with Crippen molar-refractivity contribution < 1.29 is 18.0 Å². The van der Waals surface area contributed by atoms with Gasteiger partial charge in [-0.05, 0) is 69.5 Å². The van der Waals surface area contributed by atoms with Crippen molar-refractivity contribution in [3.05, 3.63) is 71.8 Å². The van der Waals surface area contributed by atoms with Crippen molar-refractivity contribution in [2.45, 2.75) is 50.1 Å². The number of likely N-dealkylation sites (tertiary alicyclic amines) is 2. The molecule has 2 amide bonds. The lowest BCUT2D eigenvalue weighted by molar-refractivity contribution is -0.137. The van der Waals surface area contributed by atoms with E-state index in [4.69, 9.17) is 0 Å². The van der Waals surface area contributed by atoms with Gasteiger partial charge in [-0.15, -0.1) is 0 Å². The van der Waals surface area contributed by atoms with Crippen LogP contribution in [0.5, 0.6) is 0 Å². The molecule has 39 heavy (non-hydrogen) atoms. The molecule has 0 spiro atoms. The number of fused-ring (bicyclic) bond motifs is 1. The van der Waals surface area contributed by atoms with Gasteiger partial charge in [0, 0.05) is 41.2 Å². The Labute approximate surface area is 230 Å². The fourth-order valence-corrected chi connectivity index (χ4v) is 7.44. The van der Waals surface area contributed by atoms with Crippen LogP contribution >= 0.6 is 0 Å². The molecule has 8 nitrogen and oxygen atoms in total. The summed E-state index contributed by atoms with van der Waals surface area (Å²) < 4.78 is 30.2. The van der Waals surface area contributed by atoms with Crippen molar-refractivity contribution in [3.8, 4) is 0 Å². The van der Waals surface area contributed by atoms with Crippen LogP contribution in [0.2, 0.25) is 0 Å². The number of benzene rings is 3. The molecule has 2 N–H and O–H groups in total. The predicted octanol–water partition coefficient (Wildman–Crippen LogP) is 4.01. The molecule has 0 bridgehead atoms. The van der Waals surface area contributed by atoms with Crippen LogP contribution in [0, 0.1) is 12.8 Å². The molecule has 0 radical (unpaired) electrons. The third-order valence-electron chi connectivity index (χ3n) is 8.14. The van der Waals surface area contributed by atoms with E-state index in [0.717, 1.165) is 24.9 Å². The topological polar surface area (TPSA) is 98.8 Å². The van der Waals surface area contributed by atoms with Gasteiger partial charge in [0.05, 0.1) is 10.9 Å². The largest absolute Gasteiger partial charge is 0.341 e. The molecule has 2 aliphatic heterocycles. The highest BCUT2D eigenvalue weighted by Crippen LogP contribution is 2.31. The minimum atomic E-state index is -3.86. The van der Waals surface area contributed by atoms with Gasteiger partial charge >= 0.3 is 0 Å². The number of piperidine rings is 1. The summed E-state index contributed by atoms with van der Waals surface area (Å²) in [4.78, 5) is 30.2. The van der Waals surface area contributed by atoms with Gasteiger partial charge in [0.25, 0.3) is 5.91 Å². The van der Waals surface area contributed by atoms with E-state index in [1.54, 1.807) is 30.3 Å². The zero-order valence-electron chi connectivity index (χ0n) is 22.7. The lowest BCUT2D eigenvalue weighted by atomic mass is 9.94. The smallest absolute Gasteiger partial charge is 0.255 e. The maximum Gasteiger partial charge on any atom is 0.255 e. The Morgan fingerprint density at radius 1 is 0.923 bits per heavy atom. The molecule has 2 heterocycles. The van der Waals surface area contributed by atoms with Crippen LogP contribution in [0.15, 0.2) is 65.6 Å². The zero-order valence-corrected chi connectivity index (χ0v) is 23.5. The van der Waals surface area contributed by atoms with Crippen LogP contribution in [0.1, 0.15) is 42.1 Å². The molecule has 3 atom stereocenters. The van der Waals surface area contributed by atoms with Crippen molar-refractivity contribution >= 4 is 38.3 Å². The Hall–Kier alpha value is -3.27. The molecule has 206 valence electrons. The van der Waals surface area contributed by atoms with Crippen LogP contribution < -0.4 is 10.0 Å². The summed E-state index contributed by atoms with van der Waals surface area (Å²) in [6.45, 7) is 5.87. The second-order valence-corrected chi connectivity index (χ2v) is 12.5. The molecule has 2 aliphatic rings. The van der Waals surface area contributed by atoms with Crippen LogP contribution in [0.25, 0.3) is 10.8 Å². The van der Waals surface area contributed by atoms with Crippen molar-refractivity contribution in [1.82, 2.24) is 14.5 Å². The summed E-state index contributed by atoms with van der Waals surface area (Å²) in [6, 6.07) is 17.4. The lowest BCUT2D eigenvalue weighted by Gasteiger charge is -2.39. The molecule has 5 rings (SSSR count). The van der Waals surface area contributed by atoms with Gasteiger partial charge in [-0.1, -0.05) is 49.4 Å². The Kier molecular flexibility index (Phi) is 7.75. The lowest BCUT2D eigenvalue weighted by Crippen LogP contribution is -2.54. The summed E-state index contributed by atoms with van der Waals surface area (Å²) in [5, 5.41) is 4.14. The Balaban J connectivity index is 1.33. The molecule has 9 heteroatoms. The third kappa shape index (κ3) is 5.57. The van der Waals surface area contributed by atoms with E-state index >= 15 is 0 Å².